The van der Waals surface area contributed by atoms with Crippen LogP contribution in [0.25, 0.3) is 0 Å². The third-order valence-electron chi connectivity index (χ3n) is 6.43. The molecular weight excluding hydrogens is 432 g/mol. The number of benzene rings is 3. The first kappa shape index (κ1) is 26.7. The first-order valence-electron chi connectivity index (χ1n) is 12.4. The van der Waals surface area contributed by atoms with Crippen molar-refractivity contribution in [2.75, 3.05) is 6.54 Å². The Hall–Kier alpha value is -2.95. The summed E-state index contributed by atoms with van der Waals surface area (Å²) < 4.78 is 0. The Bertz CT molecular complexity index is 1100. The third-order valence-corrected chi connectivity index (χ3v) is 6.43. The summed E-state index contributed by atoms with van der Waals surface area (Å²) >= 11 is 0. The van der Waals surface area contributed by atoms with E-state index in [-0.39, 0.29) is 22.6 Å². The van der Waals surface area contributed by atoms with Crippen molar-refractivity contribution in [2.24, 2.45) is 0 Å². The average Bonchev–Trinajstić information content (AvgIpc) is 2.79. The highest BCUT2D eigenvalue weighted by Gasteiger charge is 2.26. The predicted molar refractivity (Wildman–Crippen MR) is 144 cm³/mol. The molecule has 4 nitrogen and oxygen atoms in total. The highest BCUT2D eigenvalue weighted by Crippen LogP contribution is 2.27. The van der Waals surface area contributed by atoms with Gasteiger partial charge in [0.15, 0.2) is 5.78 Å². The summed E-state index contributed by atoms with van der Waals surface area (Å²) in [6.07, 6.45) is 0. The fourth-order valence-corrected chi connectivity index (χ4v) is 4.02. The Morgan fingerprint density at radius 2 is 1.17 bits per heavy atom. The number of phenolic OH excluding ortho intramolecular Hbond substituents is 1. The fourth-order valence-electron chi connectivity index (χ4n) is 4.02. The van der Waals surface area contributed by atoms with E-state index in [1.165, 1.54) is 11.1 Å². The number of carbonyl (C=O) groups is 1. The quantitative estimate of drug-likeness (QED) is 0.353. The van der Waals surface area contributed by atoms with Gasteiger partial charge in [-0.3, -0.25) is 14.6 Å². The molecular formula is C31H40N2O2. The minimum atomic E-state index is -0.163. The van der Waals surface area contributed by atoms with Crippen molar-refractivity contribution in [2.45, 2.75) is 72.3 Å². The van der Waals surface area contributed by atoms with Gasteiger partial charge < -0.3 is 5.11 Å². The zero-order valence-corrected chi connectivity index (χ0v) is 22.1. The molecule has 0 amide bonds. The van der Waals surface area contributed by atoms with Crippen LogP contribution in [0.15, 0.2) is 78.9 Å². The highest BCUT2D eigenvalue weighted by atomic mass is 16.3. The zero-order valence-electron chi connectivity index (χ0n) is 22.1. The van der Waals surface area contributed by atoms with E-state index in [1.54, 1.807) is 12.1 Å². The van der Waals surface area contributed by atoms with Crippen molar-refractivity contribution in [1.82, 2.24) is 9.80 Å². The molecule has 0 bridgehead atoms. The summed E-state index contributed by atoms with van der Waals surface area (Å²) in [5, 5.41) is 10.7. The van der Waals surface area contributed by atoms with Gasteiger partial charge in [0.25, 0.3) is 0 Å². The molecule has 186 valence electrons. The third kappa shape index (κ3) is 7.78. The standard InChI is InChI=1S/C31H40N2O2/c1-30(2,3)32(20-24-13-9-7-10-14-24)22-27-19-26(17-18-28(27)34)29(35)23-33(31(4,5)6)21-25-15-11-8-12-16-25/h7-19,34H,20-23H2,1-6H3. The highest BCUT2D eigenvalue weighted by molar-refractivity contribution is 5.98. The van der Waals surface area contributed by atoms with Gasteiger partial charge in [-0.15, -0.1) is 0 Å². The number of Topliss-reactive ketones (excluding diaryl/α,β-unsaturated/α-hetero) is 1. The second kappa shape index (κ2) is 11.2. The molecule has 0 saturated carbocycles. The summed E-state index contributed by atoms with van der Waals surface area (Å²) in [5.74, 6) is 0.281. The normalized spacial score (nSPS) is 12.3. The number of phenols is 1. The van der Waals surface area contributed by atoms with Crippen molar-refractivity contribution < 1.29 is 9.90 Å². The zero-order chi connectivity index (χ0) is 25.6. The Balaban J connectivity index is 1.80. The van der Waals surface area contributed by atoms with Crippen molar-refractivity contribution in [1.29, 1.82) is 0 Å². The molecule has 0 radical (unpaired) electrons. The number of nitrogens with zero attached hydrogens (tertiary/aromatic N) is 2. The lowest BCUT2D eigenvalue weighted by Gasteiger charge is -2.36. The number of carbonyl (C=O) groups excluding carboxylic acids is 1. The van der Waals surface area contributed by atoms with E-state index < -0.39 is 0 Å². The van der Waals surface area contributed by atoms with Crippen LogP contribution in [0.5, 0.6) is 5.75 Å². The second-order valence-electron chi connectivity index (χ2n) is 11.3. The van der Waals surface area contributed by atoms with E-state index in [0.29, 0.717) is 25.2 Å². The van der Waals surface area contributed by atoms with E-state index in [0.717, 1.165) is 12.1 Å². The minimum Gasteiger partial charge on any atom is -0.508 e. The van der Waals surface area contributed by atoms with Crippen LogP contribution >= 0.6 is 0 Å². The molecule has 0 heterocycles. The van der Waals surface area contributed by atoms with E-state index in [1.807, 2.05) is 42.5 Å². The Kier molecular flexibility index (Phi) is 8.52. The second-order valence-corrected chi connectivity index (χ2v) is 11.3. The maximum absolute atomic E-state index is 13.4. The molecule has 35 heavy (non-hydrogen) atoms. The molecule has 0 spiro atoms. The summed E-state index contributed by atoms with van der Waals surface area (Å²) in [5.41, 5.74) is 3.53. The lowest BCUT2D eigenvalue weighted by atomic mass is 9.99. The van der Waals surface area contributed by atoms with Gasteiger partial charge in [-0.25, -0.2) is 0 Å². The Morgan fingerprint density at radius 3 is 1.66 bits per heavy atom. The molecule has 0 aliphatic rings. The number of rotatable bonds is 9. The maximum Gasteiger partial charge on any atom is 0.176 e. The molecule has 0 unspecified atom stereocenters. The lowest BCUT2D eigenvalue weighted by Crippen LogP contribution is -2.43. The largest absolute Gasteiger partial charge is 0.508 e. The van der Waals surface area contributed by atoms with Gasteiger partial charge >= 0.3 is 0 Å². The molecule has 0 aliphatic heterocycles. The molecule has 3 aromatic carbocycles. The average molecular weight is 473 g/mol. The van der Waals surface area contributed by atoms with E-state index in [4.69, 9.17) is 0 Å². The summed E-state index contributed by atoms with van der Waals surface area (Å²) in [7, 11) is 0. The number of hydrogen-bond acceptors (Lipinski definition) is 4. The summed E-state index contributed by atoms with van der Waals surface area (Å²) in [6, 6.07) is 25.9. The SMILES string of the molecule is CC(C)(C)N(CC(=O)c1ccc(O)c(CN(Cc2ccccc2)C(C)(C)C)c1)Cc1ccccc1. The van der Waals surface area contributed by atoms with Crippen LogP contribution in [0.2, 0.25) is 0 Å². The molecule has 0 aromatic heterocycles. The van der Waals surface area contributed by atoms with Crippen LogP contribution in [-0.2, 0) is 19.6 Å². The van der Waals surface area contributed by atoms with Crippen LogP contribution in [0.4, 0.5) is 0 Å². The first-order valence-corrected chi connectivity index (χ1v) is 12.4. The van der Waals surface area contributed by atoms with Crippen molar-refractivity contribution in [3.63, 3.8) is 0 Å². The van der Waals surface area contributed by atoms with Crippen molar-refractivity contribution >= 4 is 5.78 Å². The van der Waals surface area contributed by atoms with Gasteiger partial charge in [0.05, 0.1) is 6.54 Å². The predicted octanol–water partition coefficient (Wildman–Crippen LogP) is 6.68. The molecule has 1 N–H and O–H groups in total. The molecule has 0 atom stereocenters. The van der Waals surface area contributed by atoms with Gasteiger partial charge in [-0.1, -0.05) is 60.7 Å². The van der Waals surface area contributed by atoms with E-state index in [2.05, 4.69) is 75.6 Å². The van der Waals surface area contributed by atoms with Gasteiger partial charge in [0.2, 0.25) is 0 Å². The molecule has 0 fully saturated rings. The molecule has 0 aliphatic carbocycles. The van der Waals surface area contributed by atoms with Crippen molar-refractivity contribution in [3.8, 4) is 5.75 Å². The summed E-state index contributed by atoms with van der Waals surface area (Å²) in [4.78, 5) is 17.9. The van der Waals surface area contributed by atoms with E-state index in [9.17, 15) is 9.90 Å². The maximum atomic E-state index is 13.4. The topological polar surface area (TPSA) is 43.8 Å². The smallest absolute Gasteiger partial charge is 0.176 e. The number of ketones is 1. The van der Waals surface area contributed by atoms with Gasteiger partial charge in [0.1, 0.15) is 5.75 Å². The van der Waals surface area contributed by atoms with Gasteiger partial charge in [0, 0.05) is 41.8 Å². The van der Waals surface area contributed by atoms with Crippen LogP contribution in [0.3, 0.4) is 0 Å². The number of aromatic hydroxyl groups is 1. The minimum absolute atomic E-state index is 0.0578. The Morgan fingerprint density at radius 1 is 0.686 bits per heavy atom. The molecule has 4 heteroatoms. The van der Waals surface area contributed by atoms with Gasteiger partial charge in [-0.05, 0) is 70.9 Å². The number of hydrogen-bond donors (Lipinski definition) is 1. The molecule has 3 aromatic rings. The van der Waals surface area contributed by atoms with E-state index >= 15 is 0 Å². The first-order chi connectivity index (χ1) is 16.4. The Labute approximate surface area is 211 Å². The monoisotopic (exact) mass is 472 g/mol. The fraction of sp³-hybridized carbons (Fsp3) is 0.387. The van der Waals surface area contributed by atoms with Crippen molar-refractivity contribution in [3.05, 3.63) is 101 Å². The van der Waals surface area contributed by atoms with Crippen LogP contribution in [0.1, 0.15) is 68.6 Å². The molecule has 3 rings (SSSR count). The lowest BCUT2D eigenvalue weighted by molar-refractivity contribution is 0.0793. The van der Waals surface area contributed by atoms with Crippen LogP contribution in [-0.4, -0.2) is 38.3 Å². The molecule has 0 saturated heterocycles. The van der Waals surface area contributed by atoms with Crippen LogP contribution < -0.4 is 0 Å². The van der Waals surface area contributed by atoms with Crippen LogP contribution in [0, 0.1) is 0 Å². The summed E-state index contributed by atoms with van der Waals surface area (Å²) in [6.45, 7) is 15.3. The van der Waals surface area contributed by atoms with Gasteiger partial charge in [-0.2, -0.15) is 0 Å².